The summed E-state index contributed by atoms with van der Waals surface area (Å²) in [4.78, 5) is 22.6. The Balaban J connectivity index is 2.25. The smallest absolute Gasteiger partial charge is 0.326 e. The number of ether oxygens (including phenoxy) is 1. The number of amides is 2. The van der Waals surface area contributed by atoms with Gasteiger partial charge in [0, 0.05) is 26.7 Å². The molecule has 0 aromatic rings. The summed E-state index contributed by atoms with van der Waals surface area (Å²) in [5.41, 5.74) is 0. The van der Waals surface area contributed by atoms with Crippen LogP contribution in [-0.2, 0) is 9.53 Å². The molecular weight excluding hydrogens is 248 g/mol. The van der Waals surface area contributed by atoms with Crippen LogP contribution in [0.15, 0.2) is 0 Å². The van der Waals surface area contributed by atoms with Crippen molar-refractivity contribution in [2.75, 3.05) is 20.3 Å². The average Bonchev–Trinajstić information content (AvgIpc) is 2.42. The summed E-state index contributed by atoms with van der Waals surface area (Å²) in [5.74, 6) is -0.508. The topological polar surface area (TPSA) is 87.7 Å². The van der Waals surface area contributed by atoms with Crippen LogP contribution in [0.2, 0.25) is 0 Å². The fraction of sp³-hybridized carbons (Fsp3) is 0.846. The second-order valence-corrected chi connectivity index (χ2v) is 5.03. The molecular formula is C13H24N2O4. The van der Waals surface area contributed by atoms with E-state index in [0.717, 1.165) is 12.8 Å². The first kappa shape index (κ1) is 15.8. The summed E-state index contributed by atoms with van der Waals surface area (Å²) >= 11 is 0. The summed E-state index contributed by atoms with van der Waals surface area (Å²) in [7, 11) is 1.50. The van der Waals surface area contributed by atoms with Crippen LogP contribution < -0.4 is 10.6 Å². The molecule has 0 bridgehead atoms. The molecule has 0 saturated heterocycles. The van der Waals surface area contributed by atoms with Crippen molar-refractivity contribution >= 4 is 12.0 Å². The Hall–Kier alpha value is -1.30. The maximum Gasteiger partial charge on any atom is 0.326 e. The third-order valence-electron chi connectivity index (χ3n) is 3.49. The predicted octanol–water partition coefficient (Wildman–Crippen LogP) is 1.36. The molecule has 1 rings (SSSR count). The van der Waals surface area contributed by atoms with Crippen molar-refractivity contribution < 1.29 is 19.4 Å². The SMILES string of the molecule is COCCC(NC(=O)NCC1CCCCC1)C(=O)O. The zero-order chi connectivity index (χ0) is 14.1. The maximum absolute atomic E-state index is 11.6. The van der Waals surface area contributed by atoms with Gasteiger partial charge in [-0.3, -0.25) is 0 Å². The van der Waals surface area contributed by atoms with Crippen LogP contribution in [0.3, 0.4) is 0 Å². The summed E-state index contributed by atoms with van der Waals surface area (Å²) in [6.07, 6.45) is 6.28. The summed E-state index contributed by atoms with van der Waals surface area (Å²) in [6, 6.07) is -1.31. The largest absolute Gasteiger partial charge is 0.480 e. The molecule has 0 heterocycles. The van der Waals surface area contributed by atoms with E-state index in [9.17, 15) is 9.59 Å². The molecule has 19 heavy (non-hydrogen) atoms. The number of carboxylic acid groups (broad SMARTS) is 1. The second kappa shape index (κ2) is 8.74. The van der Waals surface area contributed by atoms with E-state index < -0.39 is 18.0 Å². The molecule has 0 radical (unpaired) electrons. The Morgan fingerprint density at radius 3 is 2.58 bits per heavy atom. The number of urea groups is 1. The molecule has 0 aromatic carbocycles. The Morgan fingerprint density at radius 2 is 2.00 bits per heavy atom. The van der Waals surface area contributed by atoms with Gasteiger partial charge in [-0.1, -0.05) is 19.3 Å². The minimum Gasteiger partial charge on any atom is -0.480 e. The first-order valence-electron chi connectivity index (χ1n) is 6.89. The van der Waals surface area contributed by atoms with Gasteiger partial charge in [0.2, 0.25) is 0 Å². The van der Waals surface area contributed by atoms with E-state index in [0.29, 0.717) is 19.1 Å². The van der Waals surface area contributed by atoms with Gasteiger partial charge in [-0.15, -0.1) is 0 Å². The van der Waals surface area contributed by atoms with Gasteiger partial charge in [0.1, 0.15) is 6.04 Å². The Bertz CT molecular complexity index is 290. The average molecular weight is 272 g/mol. The van der Waals surface area contributed by atoms with Gasteiger partial charge in [0.25, 0.3) is 0 Å². The number of aliphatic carboxylic acids is 1. The lowest BCUT2D eigenvalue weighted by molar-refractivity contribution is -0.139. The van der Waals surface area contributed by atoms with E-state index in [1.807, 2.05) is 0 Å². The molecule has 0 aliphatic heterocycles. The standard InChI is InChI=1S/C13H24N2O4/c1-19-8-7-11(12(16)17)15-13(18)14-9-10-5-3-2-4-6-10/h10-11H,2-9H2,1H3,(H,16,17)(H2,14,15,18). The lowest BCUT2D eigenvalue weighted by Gasteiger charge is -2.22. The van der Waals surface area contributed by atoms with Crippen molar-refractivity contribution in [2.45, 2.75) is 44.6 Å². The number of carbonyl (C=O) groups is 2. The predicted molar refractivity (Wildman–Crippen MR) is 71.0 cm³/mol. The van der Waals surface area contributed by atoms with Gasteiger partial charge < -0.3 is 20.5 Å². The molecule has 3 N–H and O–H groups in total. The zero-order valence-electron chi connectivity index (χ0n) is 11.5. The van der Waals surface area contributed by atoms with E-state index in [1.54, 1.807) is 0 Å². The van der Waals surface area contributed by atoms with Crippen molar-refractivity contribution in [1.29, 1.82) is 0 Å². The van der Waals surface area contributed by atoms with Crippen LogP contribution in [0.4, 0.5) is 4.79 Å². The van der Waals surface area contributed by atoms with E-state index in [1.165, 1.54) is 26.4 Å². The lowest BCUT2D eigenvalue weighted by atomic mass is 9.89. The highest BCUT2D eigenvalue weighted by molar-refractivity contribution is 5.82. The Kier molecular flexibility index (Phi) is 7.25. The number of hydrogen-bond acceptors (Lipinski definition) is 3. The molecule has 6 nitrogen and oxygen atoms in total. The van der Waals surface area contributed by atoms with Gasteiger partial charge in [0.15, 0.2) is 0 Å². The van der Waals surface area contributed by atoms with Gasteiger partial charge >= 0.3 is 12.0 Å². The van der Waals surface area contributed by atoms with Gasteiger partial charge in [-0.25, -0.2) is 9.59 Å². The Morgan fingerprint density at radius 1 is 1.32 bits per heavy atom. The molecule has 1 unspecified atom stereocenters. The van der Waals surface area contributed by atoms with E-state index in [-0.39, 0.29) is 6.42 Å². The first-order valence-corrected chi connectivity index (χ1v) is 6.89. The van der Waals surface area contributed by atoms with E-state index in [4.69, 9.17) is 9.84 Å². The number of nitrogens with one attached hydrogen (secondary N) is 2. The minimum absolute atomic E-state index is 0.267. The van der Waals surface area contributed by atoms with E-state index in [2.05, 4.69) is 10.6 Å². The van der Waals surface area contributed by atoms with E-state index >= 15 is 0 Å². The molecule has 6 heteroatoms. The number of carbonyl (C=O) groups excluding carboxylic acids is 1. The molecule has 2 amide bonds. The zero-order valence-corrected chi connectivity index (χ0v) is 11.5. The van der Waals surface area contributed by atoms with Gasteiger partial charge in [0.05, 0.1) is 0 Å². The normalized spacial score (nSPS) is 17.7. The van der Waals surface area contributed by atoms with Crippen molar-refractivity contribution in [2.24, 2.45) is 5.92 Å². The van der Waals surface area contributed by atoms with Crippen LogP contribution >= 0.6 is 0 Å². The molecule has 0 aromatic heterocycles. The maximum atomic E-state index is 11.6. The highest BCUT2D eigenvalue weighted by atomic mass is 16.5. The van der Waals surface area contributed by atoms with Crippen LogP contribution in [-0.4, -0.2) is 43.4 Å². The third-order valence-corrected chi connectivity index (χ3v) is 3.49. The lowest BCUT2D eigenvalue weighted by Crippen LogP contribution is -2.47. The van der Waals surface area contributed by atoms with Crippen molar-refractivity contribution in [3.8, 4) is 0 Å². The second-order valence-electron chi connectivity index (χ2n) is 5.03. The molecule has 1 fully saturated rings. The van der Waals surface area contributed by atoms with Crippen molar-refractivity contribution in [1.82, 2.24) is 10.6 Å². The summed E-state index contributed by atoms with van der Waals surface area (Å²) in [5, 5.41) is 14.2. The number of methoxy groups -OCH3 is 1. The molecule has 1 aliphatic rings. The quantitative estimate of drug-likeness (QED) is 0.653. The fourth-order valence-electron chi connectivity index (χ4n) is 2.33. The van der Waals surface area contributed by atoms with Gasteiger partial charge in [-0.2, -0.15) is 0 Å². The molecule has 1 aliphatic carbocycles. The highest BCUT2D eigenvalue weighted by Crippen LogP contribution is 2.22. The van der Waals surface area contributed by atoms with Crippen molar-refractivity contribution in [3.63, 3.8) is 0 Å². The molecule has 110 valence electrons. The number of rotatable bonds is 7. The number of carboxylic acids is 1. The molecule has 1 atom stereocenters. The summed E-state index contributed by atoms with van der Waals surface area (Å²) < 4.78 is 4.82. The third kappa shape index (κ3) is 6.42. The monoisotopic (exact) mass is 272 g/mol. The highest BCUT2D eigenvalue weighted by Gasteiger charge is 2.20. The van der Waals surface area contributed by atoms with Crippen molar-refractivity contribution in [3.05, 3.63) is 0 Å². The van der Waals surface area contributed by atoms with Crippen LogP contribution in [0.25, 0.3) is 0 Å². The van der Waals surface area contributed by atoms with Crippen LogP contribution in [0.1, 0.15) is 38.5 Å². The Labute approximate surface area is 113 Å². The fourth-order valence-corrected chi connectivity index (χ4v) is 2.33. The minimum atomic E-state index is -1.04. The van der Waals surface area contributed by atoms with Crippen LogP contribution in [0.5, 0.6) is 0 Å². The number of hydrogen-bond donors (Lipinski definition) is 3. The van der Waals surface area contributed by atoms with Gasteiger partial charge in [-0.05, 0) is 18.8 Å². The first-order chi connectivity index (χ1) is 9.13. The molecule has 0 spiro atoms. The molecule has 1 saturated carbocycles. The van der Waals surface area contributed by atoms with Crippen LogP contribution in [0, 0.1) is 5.92 Å². The summed E-state index contributed by atoms with van der Waals surface area (Å²) in [6.45, 7) is 0.933.